The van der Waals surface area contributed by atoms with Crippen LogP contribution in [-0.2, 0) is 14.3 Å². The van der Waals surface area contributed by atoms with Crippen molar-refractivity contribution in [2.45, 2.75) is 25.8 Å². The molecule has 0 aliphatic carbocycles. The Morgan fingerprint density at radius 1 is 1.21 bits per heavy atom. The number of ether oxygens (including phenoxy) is 2. The Labute approximate surface area is 148 Å². The maximum atomic E-state index is 12.0. The summed E-state index contributed by atoms with van der Waals surface area (Å²) in [5.74, 6) is -0.158. The second-order valence-corrected chi connectivity index (χ2v) is 6.70. The first-order chi connectivity index (χ1) is 11.3. The summed E-state index contributed by atoms with van der Waals surface area (Å²) in [6, 6.07) is 6.80. The molecule has 3 amide bonds. The molecule has 1 heterocycles. The average molecular weight is 399 g/mol. The smallest absolute Gasteiger partial charge is 0.325 e. The molecule has 24 heavy (non-hydrogen) atoms. The van der Waals surface area contributed by atoms with Gasteiger partial charge in [-0.15, -0.1) is 0 Å². The first-order valence-electron chi connectivity index (χ1n) is 7.48. The third kappa shape index (κ3) is 4.70. The minimum Gasteiger partial charge on any atom is -0.490 e. The maximum Gasteiger partial charge on any atom is 0.325 e. The summed E-state index contributed by atoms with van der Waals surface area (Å²) in [7, 11) is 0. The predicted molar refractivity (Wildman–Crippen MR) is 89.5 cm³/mol. The number of carbonyl (C=O) groups is 3. The van der Waals surface area contributed by atoms with E-state index in [2.05, 4.69) is 21.2 Å². The lowest BCUT2D eigenvalue weighted by atomic mass is 10.1. The molecular formula is C16H19BrN2O5. The molecule has 7 nitrogen and oxygen atoms in total. The maximum absolute atomic E-state index is 12.0. The fourth-order valence-corrected chi connectivity index (χ4v) is 2.41. The zero-order valence-electron chi connectivity index (χ0n) is 13.5. The molecule has 0 saturated carbocycles. The molecule has 130 valence electrons. The van der Waals surface area contributed by atoms with Gasteiger partial charge in [0.05, 0.1) is 6.42 Å². The van der Waals surface area contributed by atoms with Gasteiger partial charge in [-0.3, -0.25) is 14.5 Å². The molecule has 1 aromatic carbocycles. The van der Waals surface area contributed by atoms with Crippen molar-refractivity contribution < 1.29 is 23.9 Å². The number of benzene rings is 1. The Hall–Kier alpha value is -2.09. The van der Waals surface area contributed by atoms with Crippen LogP contribution in [0.1, 0.15) is 20.3 Å². The number of amides is 3. The molecule has 0 bridgehead atoms. The monoisotopic (exact) mass is 398 g/mol. The van der Waals surface area contributed by atoms with Crippen LogP contribution in [0.25, 0.3) is 0 Å². The van der Waals surface area contributed by atoms with Gasteiger partial charge in [0, 0.05) is 11.0 Å². The largest absolute Gasteiger partial charge is 0.490 e. The molecule has 0 unspecified atom stereocenters. The second kappa shape index (κ2) is 7.65. The van der Waals surface area contributed by atoms with Gasteiger partial charge in [0.15, 0.2) is 0 Å². The predicted octanol–water partition coefficient (Wildman–Crippen LogP) is 2.09. The summed E-state index contributed by atoms with van der Waals surface area (Å²) >= 11 is 3.33. The highest BCUT2D eigenvalue weighted by Gasteiger charge is 2.44. The molecule has 1 saturated heterocycles. The van der Waals surface area contributed by atoms with Crippen LogP contribution in [0.2, 0.25) is 0 Å². The van der Waals surface area contributed by atoms with E-state index in [4.69, 9.17) is 9.47 Å². The Kier molecular flexibility index (Phi) is 5.82. The van der Waals surface area contributed by atoms with E-state index in [-0.39, 0.29) is 32.1 Å². The highest BCUT2D eigenvalue weighted by molar-refractivity contribution is 9.10. The summed E-state index contributed by atoms with van der Waals surface area (Å²) < 4.78 is 11.4. The summed E-state index contributed by atoms with van der Waals surface area (Å²) in [6.07, 6.45) is -0.0481. The fraction of sp³-hybridized carbons (Fsp3) is 0.438. The van der Waals surface area contributed by atoms with E-state index in [9.17, 15) is 14.4 Å². The van der Waals surface area contributed by atoms with Crippen molar-refractivity contribution in [1.29, 1.82) is 0 Å². The van der Waals surface area contributed by atoms with Gasteiger partial charge >= 0.3 is 12.0 Å². The quantitative estimate of drug-likeness (QED) is 0.431. The van der Waals surface area contributed by atoms with Gasteiger partial charge in [0.1, 0.15) is 24.5 Å². The molecule has 1 fully saturated rings. The van der Waals surface area contributed by atoms with Crippen LogP contribution in [0, 0.1) is 0 Å². The van der Waals surface area contributed by atoms with Crippen LogP contribution in [-0.4, -0.2) is 48.1 Å². The van der Waals surface area contributed by atoms with E-state index in [1.54, 1.807) is 26.0 Å². The molecule has 0 spiro atoms. The lowest BCUT2D eigenvalue weighted by molar-refractivity contribution is -0.144. The topological polar surface area (TPSA) is 84.9 Å². The van der Waals surface area contributed by atoms with Crippen LogP contribution in [0.4, 0.5) is 4.79 Å². The highest BCUT2D eigenvalue weighted by atomic mass is 79.9. The van der Waals surface area contributed by atoms with E-state index in [1.165, 1.54) is 0 Å². The highest BCUT2D eigenvalue weighted by Crippen LogP contribution is 2.17. The number of hydrogen-bond acceptors (Lipinski definition) is 5. The zero-order chi connectivity index (χ0) is 17.7. The molecule has 0 radical (unpaired) electrons. The number of rotatable bonds is 7. The Bertz CT molecular complexity index is 630. The number of imide groups is 1. The second-order valence-electron chi connectivity index (χ2n) is 5.78. The van der Waals surface area contributed by atoms with Crippen LogP contribution in [0.3, 0.4) is 0 Å². The lowest BCUT2D eigenvalue weighted by Crippen LogP contribution is -2.40. The molecule has 1 aromatic rings. The summed E-state index contributed by atoms with van der Waals surface area (Å²) in [4.78, 5) is 36.3. The zero-order valence-corrected chi connectivity index (χ0v) is 15.1. The molecule has 1 N–H and O–H groups in total. The number of esters is 1. The van der Waals surface area contributed by atoms with Crippen molar-refractivity contribution in [3.05, 3.63) is 28.7 Å². The molecule has 2 rings (SSSR count). The average Bonchev–Trinajstić information content (AvgIpc) is 2.72. The minimum absolute atomic E-state index is 0.000495. The normalized spacial score (nSPS) is 16.0. The van der Waals surface area contributed by atoms with Crippen molar-refractivity contribution in [3.63, 3.8) is 0 Å². The number of urea groups is 1. The molecule has 8 heteroatoms. The summed E-state index contributed by atoms with van der Waals surface area (Å²) in [6.45, 7) is 3.56. The first-order valence-corrected chi connectivity index (χ1v) is 8.27. The molecular weight excluding hydrogens is 380 g/mol. The van der Waals surface area contributed by atoms with Crippen molar-refractivity contribution in [3.8, 4) is 5.75 Å². The van der Waals surface area contributed by atoms with Gasteiger partial charge in [-0.1, -0.05) is 15.9 Å². The minimum atomic E-state index is -0.931. The molecule has 1 aliphatic heterocycles. The third-order valence-electron chi connectivity index (χ3n) is 3.41. The number of nitrogens with one attached hydrogen (secondary N) is 1. The lowest BCUT2D eigenvalue weighted by Gasteiger charge is -2.15. The van der Waals surface area contributed by atoms with Gasteiger partial charge in [-0.2, -0.15) is 0 Å². The van der Waals surface area contributed by atoms with Crippen molar-refractivity contribution in [1.82, 2.24) is 10.2 Å². The van der Waals surface area contributed by atoms with Gasteiger partial charge in [0.2, 0.25) is 0 Å². The number of nitrogens with zero attached hydrogens (tertiary/aromatic N) is 1. The summed E-state index contributed by atoms with van der Waals surface area (Å²) in [5, 5.41) is 2.55. The molecule has 0 atom stereocenters. The molecule has 1 aliphatic rings. The van der Waals surface area contributed by atoms with Gasteiger partial charge < -0.3 is 14.8 Å². The van der Waals surface area contributed by atoms with Gasteiger partial charge in [-0.05, 0) is 38.1 Å². The third-order valence-corrected chi connectivity index (χ3v) is 3.94. The molecule has 0 aromatic heterocycles. The van der Waals surface area contributed by atoms with Gasteiger partial charge in [0.25, 0.3) is 5.91 Å². The first kappa shape index (κ1) is 18.3. The van der Waals surface area contributed by atoms with Crippen molar-refractivity contribution in [2.75, 3.05) is 19.8 Å². The van der Waals surface area contributed by atoms with Gasteiger partial charge in [-0.25, -0.2) is 4.79 Å². The number of hydrogen-bond donors (Lipinski definition) is 1. The Balaban J connectivity index is 1.66. The Morgan fingerprint density at radius 3 is 2.46 bits per heavy atom. The van der Waals surface area contributed by atoms with E-state index in [0.29, 0.717) is 5.75 Å². The van der Waals surface area contributed by atoms with Crippen LogP contribution in [0.5, 0.6) is 5.75 Å². The summed E-state index contributed by atoms with van der Waals surface area (Å²) in [5.41, 5.74) is -0.931. The SMILES string of the molecule is CC1(C)NC(=O)N(CCC(=O)OCCOc2ccc(Br)cc2)C1=O. The van der Waals surface area contributed by atoms with E-state index >= 15 is 0 Å². The standard InChI is InChI=1S/C16H19BrN2O5/c1-16(2)14(21)19(15(22)18-16)8-7-13(20)24-10-9-23-12-5-3-11(17)4-6-12/h3-6H,7-10H2,1-2H3,(H,18,22). The van der Waals surface area contributed by atoms with Crippen LogP contribution < -0.4 is 10.1 Å². The van der Waals surface area contributed by atoms with Crippen LogP contribution >= 0.6 is 15.9 Å². The van der Waals surface area contributed by atoms with Crippen LogP contribution in [0.15, 0.2) is 28.7 Å². The number of halogens is 1. The van der Waals surface area contributed by atoms with Crippen molar-refractivity contribution >= 4 is 33.8 Å². The van der Waals surface area contributed by atoms with E-state index in [0.717, 1.165) is 9.37 Å². The van der Waals surface area contributed by atoms with Crippen molar-refractivity contribution in [2.24, 2.45) is 0 Å². The number of carbonyl (C=O) groups excluding carboxylic acids is 3. The fourth-order valence-electron chi connectivity index (χ4n) is 2.14. The Morgan fingerprint density at radius 2 is 1.88 bits per heavy atom. The van der Waals surface area contributed by atoms with E-state index < -0.39 is 17.5 Å². The van der Waals surface area contributed by atoms with E-state index in [1.807, 2.05) is 12.1 Å².